The number of nitrogens with one attached hydrogen (secondary N) is 1. The monoisotopic (exact) mass is 392 g/mol. The van der Waals surface area contributed by atoms with Crippen molar-refractivity contribution < 1.29 is 13.9 Å². The Hall–Kier alpha value is -2.90. The smallest absolute Gasteiger partial charge is 0.227 e. The highest BCUT2D eigenvalue weighted by molar-refractivity contribution is 5.64. The lowest BCUT2D eigenvalue weighted by Gasteiger charge is -2.37. The summed E-state index contributed by atoms with van der Waals surface area (Å²) in [5, 5.41) is 3.36. The lowest BCUT2D eigenvalue weighted by Crippen LogP contribution is -2.45. The number of benzene rings is 1. The fraction of sp³-hybridized carbons (Fsp3) is 0.364. The number of rotatable bonds is 5. The summed E-state index contributed by atoms with van der Waals surface area (Å²) in [6.07, 6.45) is 3.32. The highest BCUT2D eigenvalue weighted by Crippen LogP contribution is 2.33. The van der Waals surface area contributed by atoms with Gasteiger partial charge in [0.2, 0.25) is 5.95 Å². The van der Waals surface area contributed by atoms with Crippen LogP contribution in [0.4, 0.5) is 11.8 Å². The van der Waals surface area contributed by atoms with Crippen molar-refractivity contribution in [3.63, 3.8) is 0 Å². The minimum absolute atomic E-state index is 0.409. The molecule has 0 radical (unpaired) electrons. The van der Waals surface area contributed by atoms with Crippen LogP contribution in [0.5, 0.6) is 0 Å². The molecule has 0 unspecified atom stereocenters. The van der Waals surface area contributed by atoms with E-state index >= 15 is 0 Å². The molecule has 7 nitrogen and oxygen atoms in total. The molecular weight excluding hydrogens is 368 g/mol. The van der Waals surface area contributed by atoms with E-state index in [4.69, 9.17) is 23.9 Å². The van der Waals surface area contributed by atoms with E-state index in [1.54, 1.807) is 6.26 Å². The number of furan rings is 1. The van der Waals surface area contributed by atoms with Crippen LogP contribution < -0.4 is 10.2 Å². The summed E-state index contributed by atoms with van der Waals surface area (Å²) in [7, 11) is 0. The first-order chi connectivity index (χ1) is 14.3. The largest absolute Gasteiger partial charge is 0.467 e. The molecule has 0 bridgehead atoms. The molecule has 0 aliphatic carbocycles. The van der Waals surface area contributed by atoms with Gasteiger partial charge in [-0.3, -0.25) is 0 Å². The quantitative estimate of drug-likeness (QED) is 0.710. The topological polar surface area (TPSA) is 72.7 Å². The number of nitrogens with zero attached hydrogens (tertiary/aromatic N) is 3. The number of anilines is 2. The van der Waals surface area contributed by atoms with E-state index in [9.17, 15) is 0 Å². The Labute approximate surface area is 169 Å². The summed E-state index contributed by atoms with van der Waals surface area (Å²) in [6, 6.07) is 16.0. The molecule has 29 heavy (non-hydrogen) atoms. The average Bonchev–Trinajstić information content (AvgIpc) is 3.46. The van der Waals surface area contributed by atoms with Gasteiger partial charge in [0.15, 0.2) is 5.79 Å². The van der Waals surface area contributed by atoms with Crippen molar-refractivity contribution in [3.05, 3.63) is 60.6 Å². The molecule has 3 aromatic rings. The average molecular weight is 392 g/mol. The van der Waals surface area contributed by atoms with Crippen LogP contribution in [-0.2, 0) is 16.0 Å². The van der Waals surface area contributed by atoms with E-state index in [-0.39, 0.29) is 0 Å². The Morgan fingerprint density at radius 3 is 2.48 bits per heavy atom. The zero-order valence-electron chi connectivity index (χ0n) is 16.2. The fourth-order valence-corrected chi connectivity index (χ4v) is 3.85. The Kier molecular flexibility index (Phi) is 4.91. The van der Waals surface area contributed by atoms with Crippen LogP contribution >= 0.6 is 0 Å². The maximum atomic E-state index is 5.85. The molecule has 7 heteroatoms. The second-order valence-electron chi connectivity index (χ2n) is 7.33. The lowest BCUT2D eigenvalue weighted by molar-refractivity contribution is -0.169. The number of ether oxygens (including phenoxy) is 2. The molecule has 1 N–H and O–H groups in total. The van der Waals surface area contributed by atoms with Crippen LogP contribution in [0.1, 0.15) is 18.6 Å². The molecule has 150 valence electrons. The molecule has 2 aliphatic heterocycles. The van der Waals surface area contributed by atoms with Gasteiger partial charge >= 0.3 is 0 Å². The molecule has 2 saturated heterocycles. The van der Waals surface area contributed by atoms with Gasteiger partial charge in [-0.1, -0.05) is 30.3 Å². The van der Waals surface area contributed by atoms with E-state index in [1.165, 1.54) is 0 Å². The molecule has 2 aromatic heterocycles. The molecule has 5 rings (SSSR count). The third kappa shape index (κ3) is 3.97. The van der Waals surface area contributed by atoms with E-state index < -0.39 is 5.79 Å². The molecule has 2 aliphatic rings. The minimum atomic E-state index is -0.409. The van der Waals surface area contributed by atoms with Crippen LogP contribution in [0.3, 0.4) is 0 Å². The summed E-state index contributed by atoms with van der Waals surface area (Å²) < 4.78 is 17.1. The standard InChI is InChI=1S/C22H24N4O3/c1-2-5-17(6-3-1)19-15-20(23-16-18-7-4-12-27-18)25-21(24-19)26-10-8-22(9-11-26)28-13-14-29-22/h1-7,12,15H,8-11,13-14,16H2,(H,23,24,25). The molecule has 0 atom stereocenters. The van der Waals surface area contributed by atoms with Crippen LogP contribution in [0.15, 0.2) is 59.2 Å². The van der Waals surface area contributed by atoms with Crippen LogP contribution in [0, 0.1) is 0 Å². The number of hydrogen-bond acceptors (Lipinski definition) is 7. The van der Waals surface area contributed by atoms with E-state index in [0.29, 0.717) is 19.8 Å². The first-order valence-electron chi connectivity index (χ1n) is 10.0. The number of hydrogen-bond donors (Lipinski definition) is 1. The molecule has 4 heterocycles. The van der Waals surface area contributed by atoms with Gasteiger partial charge in [-0.05, 0) is 12.1 Å². The lowest BCUT2D eigenvalue weighted by atomic mass is 10.0. The predicted molar refractivity (Wildman–Crippen MR) is 110 cm³/mol. The van der Waals surface area contributed by atoms with Gasteiger partial charge in [0.1, 0.15) is 11.6 Å². The molecule has 2 fully saturated rings. The van der Waals surface area contributed by atoms with Crippen molar-refractivity contribution in [3.8, 4) is 11.3 Å². The molecular formula is C22H24N4O3. The fourth-order valence-electron chi connectivity index (χ4n) is 3.85. The van der Waals surface area contributed by atoms with E-state index in [1.807, 2.05) is 36.4 Å². The highest BCUT2D eigenvalue weighted by Gasteiger charge is 2.40. The molecule has 0 amide bonds. The van der Waals surface area contributed by atoms with Gasteiger partial charge in [-0.25, -0.2) is 4.98 Å². The van der Waals surface area contributed by atoms with E-state index in [2.05, 4.69) is 22.3 Å². The maximum absolute atomic E-state index is 5.85. The highest BCUT2D eigenvalue weighted by atomic mass is 16.7. The zero-order chi connectivity index (χ0) is 19.5. The molecule has 0 saturated carbocycles. The first-order valence-corrected chi connectivity index (χ1v) is 10.0. The zero-order valence-corrected chi connectivity index (χ0v) is 16.2. The van der Waals surface area contributed by atoms with Crippen LogP contribution in [0.2, 0.25) is 0 Å². The Balaban J connectivity index is 1.40. The summed E-state index contributed by atoms with van der Waals surface area (Å²) in [5.41, 5.74) is 1.96. The third-order valence-corrected chi connectivity index (χ3v) is 5.43. The first kappa shape index (κ1) is 18.1. The minimum Gasteiger partial charge on any atom is -0.467 e. The summed E-state index contributed by atoms with van der Waals surface area (Å²) >= 11 is 0. The Morgan fingerprint density at radius 1 is 0.966 bits per heavy atom. The maximum Gasteiger partial charge on any atom is 0.227 e. The second kappa shape index (κ2) is 7.85. The van der Waals surface area contributed by atoms with Gasteiger partial charge < -0.3 is 24.1 Å². The predicted octanol–water partition coefficient (Wildman–Crippen LogP) is 3.69. The van der Waals surface area contributed by atoms with Crippen molar-refractivity contribution in [1.29, 1.82) is 0 Å². The summed E-state index contributed by atoms with van der Waals surface area (Å²) in [4.78, 5) is 11.8. The van der Waals surface area contributed by atoms with Gasteiger partial charge in [-0.15, -0.1) is 0 Å². The molecule has 1 aromatic carbocycles. The van der Waals surface area contributed by atoms with Crippen molar-refractivity contribution in [2.24, 2.45) is 0 Å². The molecule has 1 spiro atoms. The SMILES string of the molecule is c1ccc(-c2cc(NCc3ccco3)nc(N3CCC4(CC3)OCCO4)n2)cc1. The normalized spacial score (nSPS) is 18.3. The Bertz CT molecular complexity index is 930. The van der Waals surface area contributed by atoms with Gasteiger partial charge in [0, 0.05) is 37.6 Å². The van der Waals surface area contributed by atoms with Gasteiger partial charge in [0.05, 0.1) is 31.7 Å². The summed E-state index contributed by atoms with van der Waals surface area (Å²) in [5.74, 6) is 1.95. The number of piperidine rings is 1. The number of aromatic nitrogens is 2. The van der Waals surface area contributed by atoms with Crippen molar-refractivity contribution in [2.45, 2.75) is 25.2 Å². The van der Waals surface area contributed by atoms with Crippen molar-refractivity contribution in [2.75, 3.05) is 36.5 Å². The van der Waals surface area contributed by atoms with Gasteiger partial charge in [0.25, 0.3) is 0 Å². The second-order valence-corrected chi connectivity index (χ2v) is 7.33. The summed E-state index contributed by atoms with van der Waals surface area (Å²) in [6.45, 7) is 3.54. The van der Waals surface area contributed by atoms with E-state index in [0.717, 1.165) is 54.7 Å². The third-order valence-electron chi connectivity index (χ3n) is 5.43. The van der Waals surface area contributed by atoms with Gasteiger partial charge in [-0.2, -0.15) is 4.98 Å². The van der Waals surface area contributed by atoms with Crippen molar-refractivity contribution >= 4 is 11.8 Å². The van der Waals surface area contributed by atoms with Crippen LogP contribution in [0.25, 0.3) is 11.3 Å². The Morgan fingerprint density at radius 2 is 1.76 bits per heavy atom. The van der Waals surface area contributed by atoms with Crippen molar-refractivity contribution in [1.82, 2.24) is 9.97 Å². The van der Waals surface area contributed by atoms with Crippen LogP contribution in [-0.4, -0.2) is 42.1 Å².